The summed E-state index contributed by atoms with van der Waals surface area (Å²) in [7, 11) is 3.33. The summed E-state index contributed by atoms with van der Waals surface area (Å²) in [4.78, 5) is 45.0. The normalized spacial score (nSPS) is 12.9. The van der Waals surface area contributed by atoms with Crippen LogP contribution < -0.4 is 15.6 Å². The highest BCUT2D eigenvalue weighted by Crippen LogP contribution is 2.33. The second-order valence-corrected chi connectivity index (χ2v) is 9.12. The number of aromatic nitrogens is 2. The standard InChI is InChI=1S/C23H26N4O4S/c1-26(2)20(29)13-31-16-9-7-15(8-10-16)25-19(28)11-12-27-14-24-22-21(23(27)30)17-5-3-4-6-18(17)32-22/h7-10,14H,3-6,11-13H2,1-2H3,(H,25,28). The Morgan fingerprint density at radius 3 is 2.69 bits per heavy atom. The van der Waals surface area contributed by atoms with Crippen molar-refractivity contribution in [3.8, 4) is 5.75 Å². The van der Waals surface area contributed by atoms with Gasteiger partial charge in [-0.1, -0.05) is 0 Å². The number of benzene rings is 1. The second kappa shape index (κ2) is 9.52. The highest BCUT2D eigenvalue weighted by Gasteiger charge is 2.20. The minimum atomic E-state index is -0.194. The van der Waals surface area contributed by atoms with E-state index in [1.807, 2.05) is 0 Å². The Morgan fingerprint density at radius 1 is 1.19 bits per heavy atom. The van der Waals surface area contributed by atoms with Crippen LogP contribution in [0, 0.1) is 0 Å². The molecule has 4 rings (SSSR count). The van der Waals surface area contributed by atoms with E-state index in [4.69, 9.17) is 4.74 Å². The Kier molecular flexibility index (Phi) is 6.55. The van der Waals surface area contributed by atoms with Crippen LogP contribution in [0.3, 0.4) is 0 Å². The van der Waals surface area contributed by atoms with E-state index in [1.54, 1.807) is 56.0 Å². The topological polar surface area (TPSA) is 93.5 Å². The van der Waals surface area contributed by atoms with Crippen molar-refractivity contribution in [3.05, 3.63) is 51.4 Å². The molecule has 1 aromatic carbocycles. The molecule has 0 atom stereocenters. The van der Waals surface area contributed by atoms with Crippen LogP contribution in [0.5, 0.6) is 5.75 Å². The Labute approximate surface area is 189 Å². The molecule has 1 aliphatic rings. The summed E-state index contributed by atoms with van der Waals surface area (Å²) in [5.74, 6) is 0.220. The monoisotopic (exact) mass is 454 g/mol. The molecule has 0 spiro atoms. The molecule has 0 unspecified atom stereocenters. The Bertz CT molecular complexity index is 1200. The van der Waals surface area contributed by atoms with E-state index < -0.39 is 0 Å². The molecule has 0 fully saturated rings. The first-order valence-corrected chi connectivity index (χ1v) is 11.5. The molecule has 0 saturated carbocycles. The van der Waals surface area contributed by atoms with Gasteiger partial charge in [0.15, 0.2) is 6.61 Å². The first-order valence-electron chi connectivity index (χ1n) is 10.6. The van der Waals surface area contributed by atoms with Gasteiger partial charge in [-0.15, -0.1) is 11.3 Å². The quantitative estimate of drug-likeness (QED) is 0.593. The fourth-order valence-electron chi connectivity index (χ4n) is 3.69. The molecule has 1 aliphatic carbocycles. The molecule has 0 radical (unpaired) electrons. The lowest BCUT2D eigenvalue weighted by Gasteiger charge is -2.12. The number of carbonyl (C=O) groups excluding carboxylic acids is 2. The summed E-state index contributed by atoms with van der Waals surface area (Å²) in [5, 5.41) is 3.55. The average Bonchev–Trinajstić information content (AvgIpc) is 3.17. The van der Waals surface area contributed by atoms with Crippen molar-refractivity contribution in [1.82, 2.24) is 14.5 Å². The molecule has 0 bridgehead atoms. The van der Waals surface area contributed by atoms with E-state index in [-0.39, 0.29) is 36.9 Å². The number of hydrogen-bond acceptors (Lipinski definition) is 6. The molecule has 8 nitrogen and oxygen atoms in total. The minimum absolute atomic E-state index is 0.0425. The van der Waals surface area contributed by atoms with Crippen LogP contribution in [0.1, 0.15) is 29.7 Å². The van der Waals surface area contributed by atoms with E-state index in [0.717, 1.165) is 41.5 Å². The van der Waals surface area contributed by atoms with Crippen LogP contribution in [0.25, 0.3) is 10.2 Å². The van der Waals surface area contributed by atoms with Crippen molar-refractivity contribution in [1.29, 1.82) is 0 Å². The fraction of sp³-hybridized carbons (Fsp3) is 0.391. The summed E-state index contributed by atoms with van der Waals surface area (Å²) in [5.41, 5.74) is 1.72. The van der Waals surface area contributed by atoms with Gasteiger partial charge in [-0.3, -0.25) is 19.0 Å². The van der Waals surface area contributed by atoms with Crippen LogP contribution in [-0.2, 0) is 29.0 Å². The summed E-state index contributed by atoms with van der Waals surface area (Å²) in [6, 6.07) is 6.82. The molecule has 2 amide bonds. The number of nitrogens with zero attached hydrogens (tertiary/aromatic N) is 3. The summed E-state index contributed by atoms with van der Waals surface area (Å²) in [6.45, 7) is 0.227. The highest BCUT2D eigenvalue weighted by molar-refractivity contribution is 7.18. The minimum Gasteiger partial charge on any atom is -0.484 e. The smallest absolute Gasteiger partial charge is 0.262 e. The number of carbonyl (C=O) groups is 2. The molecule has 0 saturated heterocycles. The average molecular weight is 455 g/mol. The maximum absolute atomic E-state index is 13.0. The lowest BCUT2D eigenvalue weighted by Crippen LogP contribution is -2.27. The van der Waals surface area contributed by atoms with Crippen LogP contribution in [0.4, 0.5) is 5.69 Å². The zero-order chi connectivity index (χ0) is 22.7. The number of ether oxygens (including phenoxy) is 1. The number of amides is 2. The van der Waals surface area contributed by atoms with Gasteiger partial charge in [0.1, 0.15) is 10.6 Å². The molecule has 9 heteroatoms. The number of rotatable bonds is 7. The predicted molar refractivity (Wildman–Crippen MR) is 124 cm³/mol. The number of aryl methyl sites for hydroxylation is 3. The third-order valence-corrected chi connectivity index (χ3v) is 6.72. The first-order chi connectivity index (χ1) is 15.4. The van der Waals surface area contributed by atoms with Crippen LogP contribution in [0.2, 0.25) is 0 Å². The first kappa shape index (κ1) is 22.0. The van der Waals surface area contributed by atoms with Gasteiger partial charge in [-0.25, -0.2) is 4.98 Å². The fourth-order valence-corrected chi connectivity index (χ4v) is 4.91. The molecule has 0 aliphatic heterocycles. The molecule has 1 N–H and O–H groups in total. The van der Waals surface area contributed by atoms with Gasteiger partial charge >= 0.3 is 0 Å². The third-order valence-electron chi connectivity index (χ3n) is 5.52. The maximum atomic E-state index is 13.0. The Hall–Kier alpha value is -3.20. The van der Waals surface area contributed by atoms with E-state index in [0.29, 0.717) is 11.4 Å². The molecule has 32 heavy (non-hydrogen) atoms. The van der Waals surface area contributed by atoms with Gasteiger partial charge < -0.3 is 15.0 Å². The van der Waals surface area contributed by atoms with Gasteiger partial charge in [-0.2, -0.15) is 0 Å². The van der Waals surface area contributed by atoms with Crippen LogP contribution in [0.15, 0.2) is 35.4 Å². The molecule has 2 aromatic heterocycles. The van der Waals surface area contributed by atoms with E-state index in [1.165, 1.54) is 14.3 Å². The van der Waals surface area contributed by atoms with E-state index in [9.17, 15) is 14.4 Å². The third kappa shape index (κ3) is 4.83. The van der Waals surface area contributed by atoms with E-state index in [2.05, 4.69) is 10.3 Å². The van der Waals surface area contributed by atoms with Crippen molar-refractivity contribution in [3.63, 3.8) is 0 Å². The van der Waals surface area contributed by atoms with Crippen molar-refractivity contribution < 1.29 is 14.3 Å². The molecular weight excluding hydrogens is 428 g/mol. The van der Waals surface area contributed by atoms with Gasteiger partial charge in [0.25, 0.3) is 11.5 Å². The summed E-state index contributed by atoms with van der Waals surface area (Å²) in [6.07, 6.45) is 5.92. The lowest BCUT2D eigenvalue weighted by molar-refractivity contribution is -0.130. The molecule has 2 heterocycles. The van der Waals surface area contributed by atoms with Crippen LogP contribution in [-0.4, -0.2) is 47.0 Å². The van der Waals surface area contributed by atoms with Gasteiger partial charge in [-0.05, 0) is 55.5 Å². The largest absolute Gasteiger partial charge is 0.484 e. The van der Waals surface area contributed by atoms with Crippen molar-refractivity contribution in [2.45, 2.75) is 38.6 Å². The van der Waals surface area contributed by atoms with Crippen LogP contribution >= 0.6 is 11.3 Å². The number of anilines is 1. The number of hydrogen-bond donors (Lipinski definition) is 1. The van der Waals surface area contributed by atoms with Gasteiger partial charge in [0.2, 0.25) is 5.91 Å². The number of thiophene rings is 1. The van der Waals surface area contributed by atoms with Crippen molar-refractivity contribution in [2.24, 2.45) is 0 Å². The SMILES string of the molecule is CN(C)C(=O)COc1ccc(NC(=O)CCn2cnc3sc4c(c3c2=O)CCCC4)cc1. The molecule has 168 valence electrons. The number of fused-ring (bicyclic) bond motifs is 3. The lowest BCUT2D eigenvalue weighted by atomic mass is 9.97. The number of likely N-dealkylation sites (N-methyl/N-ethyl adjacent to an activating group) is 1. The second-order valence-electron chi connectivity index (χ2n) is 8.03. The van der Waals surface area contributed by atoms with Crippen molar-refractivity contribution in [2.75, 3.05) is 26.0 Å². The zero-order valence-corrected chi connectivity index (χ0v) is 19.0. The van der Waals surface area contributed by atoms with Gasteiger partial charge in [0.05, 0.1) is 11.7 Å². The molecule has 3 aromatic rings. The zero-order valence-electron chi connectivity index (χ0n) is 18.2. The predicted octanol–water partition coefficient (Wildman–Crippen LogP) is 2.83. The Balaban J connectivity index is 1.35. The Morgan fingerprint density at radius 2 is 1.94 bits per heavy atom. The van der Waals surface area contributed by atoms with Crippen molar-refractivity contribution >= 4 is 39.1 Å². The van der Waals surface area contributed by atoms with E-state index >= 15 is 0 Å². The maximum Gasteiger partial charge on any atom is 0.262 e. The number of nitrogens with one attached hydrogen (secondary N) is 1. The van der Waals surface area contributed by atoms with Gasteiger partial charge in [0, 0.05) is 37.6 Å². The highest BCUT2D eigenvalue weighted by atomic mass is 32.1. The summed E-state index contributed by atoms with van der Waals surface area (Å²) >= 11 is 1.62. The summed E-state index contributed by atoms with van der Waals surface area (Å²) < 4.78 is 6.96. The molecular formula is C23H26N4O4S.